The summed E-state index contributed by atoms with van der Waals surface area (Å²) in [6.07, 6.45) is 1.40. The van der Waals surface area contributed by atoms with Crippen molar-refractivity contribution in [1.29, 1.82) is 0 Å². The van der Waals surface area contributed by atoms with Crippen LogP contribution in [0.5, 0.6) is 0 Å². The average molecular weight is 469 g/mol. The molecular weight excluding hydrogens is 447 g/mol. The van der Waals surface area contributed by atoms with E-state index < -0.39 is 5.91 Å². The molecule has 1 fully saturated rings. The number of halogens is 2. The number of rotatable bonds is 7. The number of carbonyl (C=O) groups is 2. The molecule has 1 aliphatic rings. The Balaban J connectivity index is 1.59. The lowest BCUT2D eigenvalue weighted by atomic mass is 10.2. The predicted molar refractivity (Wildman–Crippen MR) is 117 cm³/mol. The molecule has 0 saturated carbocycles. The van der Waals surface area contributed by atoms with Crippen molar-refractivity contribution in [2.75, 3.05) is 26.2 Å². The van der Waals surface area contributed by atoms with Gasteiger partial charge in [0.25, 0.3) is 5.91 Å². The van der Waals surface area contributed by atoms with E-state index in [0.717, 1.165) is 23.5 Å². The van der Waals surface area contributed by atoms with E-state index in [1.165, 1.54) is 25.1 Å². The van der Waals surface area contributed by atoms with Gasteiger partial charge >= 0.3 is 0 Å². The highest BCUT2D eigenvalue weighted by Gasteiger charge is 2.25. The summed E-state index contributed by atoms with van der Waals surface area (Å²) in [5.74, 6) is -0.683. The lowest BCUT2D eigenvalue weighted by Gasteiger charge is -2.35. The first-order valence-corrected chi connectivity index (χ1v) is 10.8. The van der Waals surface area contributed by atoms with Crippen molar-refractivity contribution in [2.24, 2.45) is 5.73 Å². The van der Waals surface area contributed by atoms with E-state index in [0.29, 0.717) is 29.7 Å². The molecule has 0 bridgehead atoms. The first-order chi connectivity index (χ1) is 14.3. The van der Waals surface area contributed by atoms with Crippen LogP contribution in [0.15, 0.2) is 41.4 Å². The fraction of sp³-hybridized carbons (Fsp3) is 0.350. The standard InChI is InChI=1S/C20H22Cl2N4O3S/c1-13(27)26(30-16-3-5-19(20(23)28)24-9-16)12-15-11-25(6-7-29-15)10-14-2-4-17(21)18(22)8-14/h2-5,8-9,15H,6-7,10-12H2,1H3,(H2,23,28)/t15-/m0/s1. The van der Waals surface area contributed by atoms with Gasteiger partial charge < -0.3 is 10.5 Å². The summed E-state index contributed by atoms with van der Waals surface area (Å²) in [5, 5.41) is 1.07. The van der Waals surface area contributed by atoms with Gasteiger partial charge in [0, 0.05) is 37.7 Å². The maximum atomic E-state index is 12.2. The number of hydrogen-bond acceptors (Lipinski definition) is 6. The molecule has 0 unspecified atom stereocenters. The number of pyridine rings is 1. The molecule has 0 aliphatic carbocycles. The second kappa shape index (κ2) is 10.5. The van der Waals surface area contributed by atoms with E-state index in [4.69, 9.17) is 33.7 Å². The Morgan fingerprint density at radius 1 is 1.30 bits per heavy atom. The quantitative estimate of drug-likeness (QED) is 0.627. The van der Waals surface area contributed by atoms with Gasteiger partial charge in [-0.3, -0.25) is 18.8 Å². The number of aromatic nitrogens is 1. The minimum atomic E-state index is -0.590. The average Bonchev–Trinajstić information content (AvgIpc) is 2.71. The smallest absolute Gasteiger partial charge is 0.267 e. The van der Waals surface area contributed by atoms with Gasteiger partial charge in [0.05, 0.1) is 29.3 Å². The van der Waals surface area contributed by atoms with Crippen LogP contribution in [0.1, 0.15) is 23.0 Å². The molecule has 160 valence electrons. The van der Waals surface area contributed by atoms with Crippen molar-refractivity contribution in [3.63, 3.8) is 0 Å². The van der Waals surface area contributed by atoms with Crippen molar-refractivity contribution in [2.45, 2.75) is 24.5 Å². The molecule has 2 amide bonds. The fourth-order valence-corrected chi connectivity index (χ4v) is 4.23. The van der Waals surface area contributed by atoms with Crippen LogP contribution in [0, 0.1) is 0 Å². The van der Waals surface area contributed by atoms with Crippen LogP contribution in [-0.4, -0.2) is 58.3 Å². The van der Waals surface area contributed by atoms with Gasteiger partial charge in [0.1, 0.15) is 5.69 Å². The number of ether oxygens (including phenoxy) is 1. The van der Waals surface area contributed by atoms with Crippen LogP contribution in [0.25, 0.3) is 0 Å². The van der Waals surface area contributed by atoms with Gasteiger partial charge in [-0.05, 0) is 41.8 Å². The summed E-state index contributed by atoms with van der Waals surface area (Å²) in [6.45, 7) is 4.72. The topological polar surface area (TPSA) is 88.8 Å². The lowest BCUT2D eigenvalue weighted by Crippen LogP contribution is -2.46. The van der Waals surface area contributed by atoms with Gasteiger partial charge in [0.2, 0.25) is 5.91 Å². The molecule has 2 aromatic rings. The molecule has 0 spiro atoms. The van der Waals surface area contributed by atoms with E-state index in [-0.39, 0.29) is 17.7 Å². The number of primary amides is 1. The highest BCUT2D eigenvalue weighted by Crippen LogP contribution is 2.25. The number of amides is 2. The minimum Gasteiger partial charge on any atom is -0.374 e. The third-order valence-corrected chi connectivity index (χ3v) is 6.36. The van der Waals surface area contributed by atoms with Crippen molar-refractivity contribution >= 4 is 47.0 Å². The minimum absolute atomic E-state index is 0.0933. The third kappa shape index (κ3) is 6.33. The van der Waals surface area contributed by atoms with Crippen LogP contribution in [0.4, 0.5) is 0 Å². The monoisotopic (exact) mass is 468 g/mol. The Hall–Kier alpha value is -1.84. The molecule has 1 aromatic carbocycles. The van der Waals surface area contributed by atoms with Crippen molar-refractivity contribution in [1.82, 2.24) is 14.2 Å². The van der Waals surface area contributed by atoms with E-state index >= 15 is 0 Å². The summed E-state index contributed by atoms with van der Waals surface area (Å²) < 4.78 is 7.52. The number of morpholine rings is 1. The van der Waals surface area contributed by atoms with Gasteiger partial charge in [-0.15, -0.1) is 0 Å². The summed E-state index contributed by atoms with van der Waals surface area (Å²) in [7, 11) is 0. The largest absolute Gasteiger partial charge is 0.374 e. The van der Waals surface area contributed by atoms with Gasteiger partial charge in [-0.2, -0.15) is 0 Å². The molecule has 2 heterocycles. The molecule has 1 saturated heterocycles. The number of nitrogens with zero attached hydrogens (tertiary/aromatic N) is 3. The summed E-state index contributed by atoms with van der Waals surface area (Å²) in [5.41, 5.74) is 6.47. The van der Waals surface area contributed by atoms with Crippen LogP contribution < -0.4 is 5.73 Å². The van der Waals surface area contributed by atoms with Crippen LogP contribution in [0.3, 0.4) is 0 Å². The Morgan fingerprint density at radius 2 is 2.10 bits per heavy atom. The number of hydrogen-bond donors (Lipinski definition) is 1. The van der Waals surface area contributed by atoms with E-state index in [1.807, 2.05) is 12.1 Å². The Labute approximate surface area is 189 Å². The third-order valence-electron chi connectivity index (χ3n) is 4.54. The highest BCUT2D eigenvalue weighted by atomic mass is 35.5. The molecule has 1 atom stereocenters. The molecule has 0 radical (unpaired) electrons. The molecule has 3 rings (SSSR count). The van der Waals surface area contributed by atoms with Crippen molar-refractivity contribution < 1.29 is 14.3 Å². The van der Waals surface area contributed by atoms with Gasteiger partial charge in [-0.25, -0.2) is 4.98 Å². The van der Waals surface area contributed by atoms with Gasteiger partial charge in [-0.1, -0.05) is 29.3 Å². The normalized spacial score (nSPS) is 17.0. The Morgan fingerprint density at radius 3 is 2.73 bits per heavy atom. The zero-order valence-electron chi connectivity index (χ0n) is 16.4. The molecule has 30 heavy (non-hydrogen) atoms. The zero-order chi connectivity index (χ0) is 21.7. The zero-order valence-corrected chi connectivity index (χ0v) is 18.7. The van der Waals surface area contributed by atoms with Crippen LogP contribution in [-0.2, 0) is 16.1 Å². The first kappa shape index (κ1) is 22.8. The summed E-state index contributed by atoms with van der Waals surface area (Å²) in [6, 6.07) is 8.88. The molecule has 7 nitrogen and oxygen atoms in total. The first-order valence-electron chi connectivity index (χ1n) is 9.31. The maximum Gasteiger partial charge on any atom is 0.267 e. The molecule has 10 heteroatoms. The molecule has 1 aliphatic heterocycles. The van der Waals surface area contributed by atoms with E-state index in [1.54, 1.807) is 22.5 Å². The van der Waals surface area contributed by atoms with Crippen LogP contribution in [0.2, 0.25) is 10.0 Å². The van der Waals surface area contributed by atoms with Crippen LogP contribution >= 0.6 is 35.1 Å². The lowest BCUT2D eigenvalue weighted by molar-refractivity contribution is -0.126. The van der Waals surface area contributed by atoms with Crippen molar-refractivity contribution in [3.8, 4) is 0 Å². The Kier molecular flexibility index (Phi) is 7.96. The molecule has 1 aromatic heterocycles. The van der Waals surface area contributed by atoms with E-state index in [2.05, 4.69) is 9.88 Å². The second-order valence-electron chi connectivity index (χ2n) is 6.89. The Bertz CT molecular complexity index is 913. The maximum absolute atomic E-state index is 12.2. The van der Waals surface area contributed by atoms with Crippen molar-refractivity contribution in [3.05, 3.63) is 57.8 Å². The number of nitrogens with two attached hydrogens (primary N) is 1. The summed E-state index contributed by atoms with van der Waals surface area (Å²) in [4.78, 5) is 30.3. The fourth-order valence-electron chi connectivity index (χ4n) is 3.05. The molecular formula is C20H22Cl2N4O3S. The molecule has 2 N–H and O–H groups in total. The predicted octanol–water partition coefficient (Wildman–Crippen LogP) is 3.24. The number of carbonyl (C=O) groups excluding carboxylic acids is 2. The summed E-state index contributed by atoms with van der Waals surface area (Å²) >= 11 is 13.4. The van der Waals surface area contributed by atoms with E-state index in [9.17, 15) is 9.59 Å². The van der Waals surface area contributed by atoms with Gasteiger partial charge in [0.15, 0.2) is 0 Å². The second-order valence-corrected chi connectivity index (χ2v) is 8.80. The highest BCUT2D eigenvalue weighted by molar-refractivity contribution is 7.97. The SMILES string of the molecule is CC(=O)N(C[C@@H]1CN(Cc2ccc(Cl)c(Cl)c2)CCO1)Sc1ccc(C(N)=O)nc1. The number of benzene rings is 1.